The number of unbranched alkanes of at least 4 members (excludes halogenated alkanes) is 1. The Morgan fingerprint density at radius 2 is 1.89 bits per heavy atom. The van der Waals surface area contributed by atoms with Gasteiger partial charge in [-0.05, 0) is 32.3 Å². The summed E-state index contributed by atoms with van der Waals surface area (Å²) in [5.74, 6) is 0.0911. The lowest BCUT2D eigenvalue weighted by Gasteiger charge is -2.19. The van der Waals surface area contributed by atoms with Crippen molar-refractivity contribution in [2.75, 3.05) is 6.54 Å². The summed E-state index contributed by atoms with van der Waals surface area (Å²) in [4.78, 5) is 11.8. The Hall–Kier alpha value is -1.35. The van der Waals surface area contributed by atoms with Crippen LogP contribution in [0.15, 0.2) is 30.3 Å². The maximum absolute atomic E-state index is 11.8. The Morgan fingerprint density at radius 3 is 2.53 bits per heavy atom. The van der Waals surface area contributed by atoms with E-state index in [0.29, 0.717) is 0 Å². The Kier molecular flexibility index (Phi) is 7.19. The number of hydrogen-bond acceptors (Lipinski definition) is 2. The fraction of sp³-hybridized carbons (Fsp3) is 0.562. The van der Waals surface area contributed by atoms with Crippen molar-refractivity contribution in [1.29, 1.82) is 0 Å². The second-order valence-corrected chi connectivity index (χ2v) is 5.12. The normalized spacial score (nSPS) is 13.8. The Morgan fingerprint density at radius 1 is 1.21 bits per heavy atom. The highest BCUT2D eigenvalue weighted by Crippen LogP contribution is 2.03. The zero-order valence-corrected chi connectivity index (χ0v) is 12.3. The van der Waals surface area contributed by atoms with Gasteiger partial charge in [0.05, 0.1) is 6.04 Å². The topological polar surface area (TPSA) is 41.1 Å². The van der Waals surface area contributed by atoms with E-state index >= 15 is 0 Å². The van der Waals surface area contributed by atoms with Crippen molar-refractivity contribution in [3.63, 3.8) is 0 Å². The number of hydrogen-bond donors (Lipinski definition) is 2. The van der Waals surface area contributed by atoms with E-state index < -0.39 is 0 Å². The van der Waals surface area contributed by atoms with Crippen molar-refractivity contribution in [1.82, 2.24) is 10.6 Å². The van der Waals surface area contributed by atoms with E-state index in [1.54, 1.807) is 0 Å². The standard InChI is InChI=1S/C16H26N2O/c1-4-5-11-17-16(19)14(3)18-13(2)12-15-9-7-6-8-10-15/h6-10,13-14,18H,4-5,11-12H2,1-3H3,(H,17,19). The average molecular weight is 262 g/mol. The summed E-state index contributed by atoms with van der Waals surface area (Å²) in [7, 11) is 0. The Labute approximate surface area is 116 Å². The van der Waals surface area contributed by atoms with Gasteiger partial charge in [0, 0.05) is 12.6 Å². The van der Waals surface area contributed by atoms with E-state index in [-0.39, 0.29) is 18.0 Å². The van der Waals surface area contributed by atoms with Crippen LogP contribution in [0.5, 0.6) is 0 Å². The van der Waals surface area contributed by atoms with E-state index in [4.69, 9.17) is 0 Å². The lowest BCUT2D eigenvalue weighted by Crippen LogP contribution is -2.46. The van der Waals surface area contributed by atoms with Crippen molar-refractivity contribution in [3.05, 3.63) is 35.9 Å². The number of carbonyl (C=O) groups is 1. The molecule has 106 valence electrons. The van der Waals surface area contributed by atoms with Crippen LogP contribution in [-0.4, -0.2) is 24.5 Å². The predicted octanol–water partition coefficient (Wildman–Crippen LogP) is 2.51. The third kappa shape index (κ3) is 6.39. The smallest absolute Gasteiger partial charge is 0.236 e. The molecule has 3 nitrogen and oxygen atoms in total. The monoisotopic (exact) mass is 262 g/mol. The third-order valence-corrected chi connectivity index (χ3v) is 3.14. The molecule has 0 aliphatic carbocycles. The molecule has 0 aliphatic heterocycles. The van der Waals surface area contributed by atoms with Gasteiger partial charge >= 0.3 is 0 Å². The molecule has 19 heavy (non-hydrogen) atoms. The minimum absolute atomic E-state index is 0.0911. The molecule has 0 fully saturated rings. The largest absolute Gasteiger partial charge is 0.355 e. The van der Waals surface area contributed by atoms with E-state index in [2.05, 4.69) is 36.6 Å². The van der Waals surface area contributed by atoms with Crippen LogP contribution in [0.25, 0.3) is 0 Å². The highest BCUT2D eigenvalue weighted by Gasteiger charge is 2.14. The highest BCUT2D eigenvalue weighted by molar-refractivity contribution is 5.81. The molecule has 0 aliphatic rings. The maximum Gasteiger partial charge on any atom is 0.236 e. The van der Waals surface area contributed by atoms with Gasteiger partial charge in [-0.3, -0.25) is 4.79 Å². The highest BCUT2D eigenvalue weighted by atomic mass is 16.2. The quantitative estimate of drug-likeness (QED) is 0.707. The lowest BCUT2D eigenvalue weighted by molar-refractivity contribution is -0.122. The van der Waals surface area contributed by atoms with E-state index in [0.717, 1.165) is 25.8 Å². The van der Waals surface area contributed by atoms with Crippen molar-refractivity contribution in [3.8, 4) is 0 Å². The summed E-state index contributed by atoms with van der Waals surface area (Å²) in [5.41, 5.74) is 1.29. The molecule has 3 heteroatoms. The molecule has 1 amide bonds. The molecular formula is C16H26N2O. The SMILES string of the molecule is CCCCNC(=O)C(C)NC(C)Cc1ccccc1. The van der Waals surface area contributed by atoms with Crippen LogP contribution in [0.3, 0.4) is 0 Å². The third-order valence-electron chi connectivity index (χ3n) is 3.14. The van der Waals surface area contributed by atoms with Crippen LogP contribution in [-0.2, 0) is 11.2 Å². The molecule has 1 aromatic carbocycles. The van der Waals surface area contributed by atoms with Gasteiger partial charge in [-0.1, -0.05) is 43.7 Å². The zero-order valence-electron chi connectivity index (χ0n) is 12.3. The molecule has 2 N–H and O–H groups in total. The number of nitrogens with one attached hydrogen (secondary N) is 2. The van der Waals surface area contributed by atoms with Crippen LogP contribution in [0, 0.1) is 0 Å². The molecule has 0 saturated carbocycles. The van der Waals surface area contributed by atoms with Gasteiger partial charge in [0.1, 0.15) is 0 Å². The van der Waals surface area contributed by atoms with Gasteiger partial charge in [-0.15, -0.1) is 0 Å². The minimum atomic E-state index is -0.143. The zero-order chi connectivity index (χ0) is 14.1. The van der Waals surface area contributed by atoms with Crippen molar-refractivity contribution in [2.45, 2.75) is 52.1 Å². The van der Waals surface area contributed by atoms with Crippen LogP contribution in [0.4, 0.5) is 0 Å². The van der Waals surface area contributed by atoms with Gasteiger partial charge in [-0.2, -0.15) is 0 Å². The molecule has 1 aromatic rings. The number of carbonyl (C=O) groups excluding carboxylic acids is 1. The van der Waals surface area contributed by atoms with E-state index in [1.165, 1.54) is 5.56 Å². The molecular weight excluding hydrogens is 236 g/mol. The summed E-state index contributed by atoms with van der Waals surface area (Å²) in [6, 6.07) is 10.5. The fourth-order valence-corrected chi connectivity index (χ4v) is 2.07. The first kappa shape index (κ1) is 15.7. The van der Waals surface area contributed by atoms with Gasteiger partial charge in [0.2, 0.25) is 5.91 Å². The first-order valence-corrected chi connectivity index (χ1v) is 7.21. The summed E-state index contributed by atoms with van der Waals surface area (Å²) in [6.45, 7) is 6.93. The van der Waals surface area contributed by atoms with Crippen LogP contribution >= 0.6 is 0 Å². The summed E-state index contributed by atoms with van der Waals surface area (Å²) in [5, 5.41) is 6.29. The molecule has 0 spiro atoms. The maximum atomic E-state index is 11.8. The second-order valence-electron chi connectivity index (χ2n) is 5.12. The molecule has 1 rings (SSSR count). The van der Waals surface area contributed by atoms with Gasteiger partial charge in [-0.25, -0.2) is 0 Å². The van der Waals surface area contributed by atoms with E-state index in [9.17, 15) is 4.79 Å². The first-order valence-electron chi connectivity index (χ1n) is 7.21. The number of rotatable bonds is 8. The molecule has 2 atom stereocenters. The molecule has 0 radical (unpaired) electrons. The average Bonchev–Trinajstić information content (AvgIpc) is 2.39. The molecule has 2 unspecified atom stereocenters. The second kappa shape index (κ2) is 8.70. The minimum Gasteiger partial charge on any atom is -0.355 e. The van der Waals surface area contributed by atoms with Crippen LogP contribution in [0.2, 0.25) is 0 Å². The van der Waals surface area contributed by atoms with Crippen molar-refractivity contribution >= 4 is 5.91 Å². The lowest BCUT2D eigenvalue weighted by atomic mass is 10.1. The molecule has 0 heterocycles. The predicted molar refractivity (Wildman–Crippen MR) is 80.1 cm³/mol. The van der Waals surface area contributed by atoms with Crippen LogP contribution in [0.1, 0.15) is 39.2 Å². The first-order chi connectivity index (χ1) is 9.13. The molecule has 0 bridgehead atoms. The summed E-state index contributed by atoms with van der Waals surface area (Å²) in [6.07, 6.45) is 3.08. The Balaban J connectivity index is 2.31. The summed E-state index contributed by atoms with van der Waals surface area (Å²) >= 11 is 0. The van der Waals surface area contributed by atoms with Crippen LogP contribution < -0.4 is 10.6 Å². The molecule has 0 saturated heterocycles. The van der Waals surface area contributed by atoms with E-state index in [1.807, 2.05) is 25.1 Å². The molecule has 0 aromatic heterocycles. The van der Waals surface area contributed by atoms with Crippen molar-refractivity contribution < 1.29 is 4.79 Å². The van der Waals surface area contributed by atoms with Gasteiger partial charge in [0.15, 0.2) is 0 Å². The Bertz CT molecular complexity index is 364. The van der Waals surface area contributed by atoms with Gasteiger partial charge in [0.25, 0.3) is 0 Å². The number of amides is 1. The van der Waals surface area contributed by atoms with Gasteiger partial charge < -0.3 is 10.6 Å². The van der Waals surface area contributed by atoms with Crippen molar-refractivity contribution in [2.24, 2.45) is 0 Å². The fourth-order valence-electron chi connectivity index (χ4n) is 2.07. The summed E-state index contributed by atoms with van der Waals surface area (Å²) < 4.78 is 0. The number of benzene rings is 1.